The molecule has 0 aliphatic carbocycles. The Bertz CT molecular complexity index is 437. The number of hydrogen-bond acceptors (Lipinski definition) is 4. The van der Waals surface area contributed by atoms with Crippen molar-refractivity contribution in [3.05, 3.63) is 32.5 Å². The molecule has 1 aromatic carbocycles. The van der Waals surface area contributed by atoms with Crippen molar-refractivity contribution in [2.24, 2.45) is 5.73 Å². The van der Waals surface area contributed by atoms with Crippen LogP contribution in [-0.2, 0) is 0 Å². The second-order valence-electron chi connectivity index (χ2n) is 2.41. The number of carbonyl (C=O) groups is 1. The third kappa shape index (κ3) is 2.62. The van der Waals surface area contributed by atoms with Gasteiger partial charge in [-0.15, -0.1) is 0 Å². The Hall–Kier alpha value is -1.70. The molecule has 0 heterocycles. The average Bonchev–Trinajstić information content (AvgIpc) is 2.08. The molecule has 6 nitrogen and oxygen atoms in total. The highest BCUT2D eigenvalue weighted by molar-refractivity contribution is 9.10. The summed E-state index contributed by atoms with van der Waals surface area (Å²) in [5, 5.41) is 10.5. The van der Waals surface area contributed by atoms with Gasteiger partial charge in [0.05, 0.1) is 15.5 Å². The maximum absolute atomic E-state index is 13.1. The van der Waals surface area contributed by atoms with Gasteiger partial charge in [-0.2, -0.15) is 0 Å². The van der Waals surface area contributed by atoms with E-state index in [1.54, 1.807) is 0 Å². The van der Waals surface area contributed by atoms with Gasteiger partial charge in [-0.1, -0.05) is 0 Å². The van der Waals surface area contributed by atoms with Crippen molar-refractivity contribution >= 4 is 27.7 Å². The summed E-state index contributed by atoms with van der Waals surface area (Å²) in [6.07, 6.45) is -1.24. The summed E-state index contributed by atoms with van der Waals surface area (Å²) in [7, 11) is 0. The summed E-state index contributed by atoms with van der Waals surface area (Å²) in [5.41, 5.74) is 4.22. The minimum absolute atomic E-state index is 0.0539. The number of primary amides is 1. The molecule has 0 unspecified atom stereocenters. The molecule has 0 saturated carbocycles. The number of ether oxygens (including phenoxy) is 1. The van der Waals surface area contributed by atoms with Crippen LogP contribution in [0, 0.1) is 15.9 Å². The average molecular weight is 279 g/mol. The summed E-state index contributed by atoms with van der Waals surface area (Å²) in [6.45, 7) is 0. The third-order valence-electron chi connectivity index (χ3n) is 1.41. The Balaban J connectivity index is 3.23. The molecule has 0 aromatic heterocycles. The lowest BCUT2D eigenvalue weighted by Gasteiger charge is -2.03. The number of benzene rings is 1. The van der Waals surface area contributed by atoms with E-state index >= 15 is 0 Å². The Morgan fingerprint density at radius 2 is 2.20 bits per heavy atom. The van der Waals surface area contributed by atoms with Crippen molar-refractivity contribution in [1.82, 2.24) is 0 Å². The SMILES string of the molecule is NC(=O)Oc1cc([N+](=O)[O-])c(Br)cc1F. The molecule has 8 heteroatoms. The number of nitro groups is 1. The minimum Gasteiger partial charge on any atom is -0.407 e. The van der Waals surface area contributed by atoms with Gasteiger partial charge < -0.3 is 10.5 Å². The van der Waals surface area contributed by atoms with Crippen LogP contribution in [-0.4, -0.2) is 11.0 Å². The van der Waals surface area contributed by atoms with Crippen molar-refractivity contribution in [2.75, 3.05) is 0 Å². The molecule has 1 amide bonds. The van der Waals surface area contributed by atoms with Gasteiger partial charge in [-0.3, -0.25) is 10.1 Å². The molecule has 2 N–H and O–H groups in total. The molecule has 80 valence electrons. The number of amides is 1. The molecule has 0 atom stereocenters. The standard InChI is InChI=1S/C7H4BrFN2O4/c8-3-1-4(9)6(15-7(10)12)2-5(3)11(13)14/h1-2H,(H2,10,12). The number of nitrogens with two attached hydrogens (primary N) is 1. The van der Waals surface area contributed by atoms with Crippen LogP contribution in [0.3, 0.4) is 0 Å². The van der Waals surface area contributed by atoms with Gasteiger partial charge in [0.15, 0.2) is 11.6 Å². The van der Waals surface area contributed by atoms with Crippen LogP contribution < -0.4 is 10.5 Å². The number of carbonyl (C=O) groups excluding carboxylic acids is 1. The Labute approximate surface area is 91.1 Å². The fraction of sp³-hybridized carbons (Fsp3) is 0. The van der Waals surface area contributed by atoms with Crippen molar-refractivity contribution < 1.29 is 18.8 Å². The first kappa shape index (κ1) is 11.4. The van der Waals surface area contributed by atoms with E-state index in [1.165, 1.54) is 0 Å². The summed E-state index contributed by atoms with van der Waals surface area (Å²) < 4.78 is 17.2. The van der Waals surface area contributed by atoms with Crippen LogP contribution in [0.1, 0.15) is 0 Å². The monoisotopic (exact) mass is 278 g/mol. The van der Waals surface area contributed by atoms with Crippen molar-refractivity contribution in [2.45, 2.75) is 0 Å². The predicted octanol–water partition coefficient (Wildman–Crippen LogP) is 1.95. The predicted molar refractivity (Wildman–Crippen MR) is 51.0 cm³/mol. The van der Waals surface area contributed by atoms with Gasteiger partial charge in [0, 0.05) is 0 Å². The molecule has 1 aromatic rings. The largest absolute Gasteiger partial charge is 0.410 e. The zero-order chi connectivity index (χ0) is 11.6. The van der Waals surface area contributed by atoms with Crippen molar-refractivity contribution in [3.8, 4) is 5.75 Å². The number of hydrogen-bond donors (Lipinski definition) is 1. The number of halogens is 2. The lowest BCUT2D eigenvalue weighted by atomic mass is 10.3. The summed E-state index contributed by atoms with van der Waals surface area (Å²) in [6, 6.07) is 1.58. The van der Waals surface area contributed by atoms with E-state index in [2.05, 4.69) is 26.4 Å². The quantitative estimate of drug-likeness (QED) is 0.661. The summed E-state index contributed by atoms with van der Waals surface area (Å²) in [5.74, 6) is -1.51. The fourth-order valence-electron chi connectivity index (χ4n) is 0.845. The maximum atomic E-state index is 13.1. The second-order valence-corrected chi connectivity index (χ2v) is 3.27. The van der Waals surface area contributed by atoms with E-state index < -0.39 is 28.3 Å². The van der Waals surface area contributed by atoms with Gasteiger partial charge in [0.2, 0.25) is 0 Å². The Morgan fingerprint density at radius 3 is 2.67 bits per heavy atom. The zero-order valence-corrected chi connectivity index (χ0v) is 8.65. The molecule has 0 saturated heterocycles. The third-order valence-corrected chi connectivity index (χ3v) is 2.04. The van der Waals surface area contributed by atoms with E-state index in [-0.39, 0.29) is 4.47 Å². The first-order chi connectivity index (χ1) is 6.91. The normalized spacial score (nSPS) is 9.73. The number of nitro benzene ring substituents is 1. The van der Waals surface area contributed by atoms with Crippen molar-refractivity contribution in [1.29, 1.82) is 0 Å². The molecule has 0 fully saturated rings. The fourth-order valence-corrected chi connectivity index (χ4v) is 1.31. The highest BCUT2D eigenvalue weighted by atomic mass is 79.9. The van der Waals surface area contributed by atoms with Crippen LogP contribution in [0.2, 0.25) is 0 Å². The van der Waals surface area contributed by atoms with Gasteiger partial charge >= 0.3 is 6.09 Å². The zero-order valence-electron chi connectivity index (χ0n) is 7.07. The molecular formula is C7H4BrFN2O4. The second kappa shape index (κ2) is 4.22. The maximum Gasteiger partial charge on any atom is 0.410 e. The molecular weight excluding hydrogens is 275 g/mol. The van der Waals surface area contributed by atoms with E-state index in [0.29, 0.717) is 0 Å². The molecule has 0 aliphatic heterocycles. The lowest BCUT2D eigenvalue weighted by Crippen LogP contribution is -2.17. The van der Waals surface area contributed by atoms with Crippen LogP contribution in [0.5, 0.6) is 5.75 Å². The number of nitrogens with zero attached hydrogens (tertiary/aromatic N) is 1. The lowest BCUT2D eigenvalue weighted by molar-refractivity contribution is -0.385. The highest BCUT2D eigenvalue weighted by Gasteiger charge is 2.18. The summed E-state index contributed by atoms with van der Waals surface area (Å²) >= 11 is 2.79. The van der Waals surface area contributed by atoms with Gasteiger partial charge in [0.25, 0.3) is 5.69 Å². The highest BCUT2D eigenvalue weighted by Crippen LogP contribution is 2.31. The molecule has 0 aliphatic rings. The van der Waals surface area contributed by atoms with Gasteiger partial charge in [-0.25, -0.2) is 9.18 Å². The molecule has 0 bridgehead atoms. The first-order valence-corrected chi connectivity index (χ1v) is 4.32. The van der Waals surface area contributed by atoms with Gasteiger partial charge in [0.1, 0.15) is 0 Å². The van der Waals surface area contributed by atoms with E-state index in [4.69, 9.17) is 0 Å². The van der Waals surface area contributed by atoms with E-state index in [0.717, 1.165) is 12.1 Å². The van der Waals surface area contributed by atoms with E-state index in [1.807, 2.05) is 0 Å². The molecule has 0 spiro atoms. The topological polar surface area (TPSA) is 95.5 Å². The molecule has 15 heavy (non-hydrogen) atoms. The van der Waals surface area contributed by atoms with E-state index in [9.17, 15) is 19.3 Å². The minimum atomic E-state index is -1.24. The Kier molecular flexibility index (Phi) is 3.20. The van der Waals surface area contributed by atoms with Crippen molar-refractivity contribution in [3.63, 3.8) is 0 Å². The van der Waals surface area contributed by atoms with Crippen LogP contribution in [0.15, 0.2) is 16.6 Å². The van der Waals surface area contributed by atoms with Gasteiger partial charge in [-0.05, 0) is 22.0 Å². The Morgan fingerprint density at radius 1 is 1.60 bits per heavy atom. The smallest absolute Gasteiger partial charge is 0.407 e. The van der Waals surface area contributed by atoms with Crippen LogP contribution in [0.4, 0.5) is 14.9 Å². The summed E-state index contributed by atoms with van der Waals surface area (Å²) in [4.78, 5) is 20.0. The van der Waals surface area contributed by atoms with Crippen LogP contribution in [0.25, 0.3) is 0 Å². The molecule has 0 radical (unpaired) electrons. The first-order valence-electron chi connectivity index (χ1n) is 3.52. The van der Waals surface area contributed by atoms with Crippen LogP contribution >= 0.6 is 15.9 Å². The number of rotatable bonds is 2. The molecule has 1 rings (SSSR count).